The van der Waals surface area contributed by atoms with Crippen LogP contribution in [0.25, 0.3) is 0 Å². The van der Waals surface area contributed by atoms with Crippen molar-refractivity contribution in [1.29, 1.82) is 0 Å². The SMILES string of the molecule is CCCCCCCCCC/C=C\C(SCCCC(=O)O)C(O)CCC(=O)O. The molecule has 0 saturated carbocycles. The number of unbranched alkanes of at least 4 members (excludes halogenated alkanes) is 8. The van der Waals surface area contributed by atoms with E-state index in [4.69, 9.17) is 10.2 Å². The molecular weight excluding hydrogens is 364 g/mol. The third kappa shape index (κ3) is 18.1. The van der Waals surface area contributed by atoms with Gasteiger partial charge in [0.1, 0.15) is 0 Å². The molecule has 0 aliphatic heterocycles. The first kappa shape index (κ1) is 26.0. The van der Waals surface area contributed by atoms with Gasteiger partial charge in [0.15, 0.2) is 0 Å². The number of aliphatic hydroxyl groups is 1. The summed E-state index contributed by atoms with van der Waals surface area (Å²) in [7, 11) is 0. The van der Waals surface area contributed by atoms with E-state index in [-0.39, 0.29) is 24.5 Å². The zero-order valence-corrected chi connectivity index (χ0v) is 17.6. The van der Waals surface area contributed by atoms with Crippen LogP contribution in [0, 0.1) is 0 Å². The second-order valence-electron chi connectivity index (χ2n) is 7.02. The van der Waals surface area contributed by atoms with Crippen molar-refractivity contribution in [3.63, 3.8) is 0 Å². The molecule has 0 heterocycles. The molecule has 158 valence electrons. The Bertz CT molecular complexity index is 411. The van der Waals surface area contributed by atoms with Crippen LogP contribution in [0.1, 0.15) is 90.4 Å². The molecule has 2 unspecified atom stereocenters. The fourth-order valence-electron chi connectivity index (χ4n) is 2.80. The molecule has 5 nitrogen and oxygen atoms in total. The predicted octanol–water partition coefficient (Wildman–Crippen LogP) is 5.27. The van der Waals surface area contributed by atoms with Crippen molar-refractivity contribution in [3.8, 4) is 0 Å². The van der Waals surface area contributed by atoms with E-state index in [1.54, 1.807) is 0 Å². The topological polar surface area (TPSA) is 94.8 Å². The molecule has 0 aromatic heterocycles. The molecule has 0 bridgehead atoms. The minimum atomic E-state index is -0.911. The lowest BCUT2D eigenvalue weighted by molar-refractivity contribution is -0.138. The van der Waals surface area contributed by atoms with E-state index in [1.807, 2.05) is 6.08 Å². The van der Waals surface area contributed by atoms with Gasteiger partial charge in [-0.25, -0.2) is 0 Å². The molecule has 0 aliphatic rings. The Morgan fingerprint density at radius 2 is 1.48 bits per heavy atom. The Labute approximate surface area is 168 Å². The summed E-state index contributed by atoms with van der Waals surface area (Å²) in [6, 6.07) is 0. The molecule has 0 aromatic rings. The van der Waals surface area contributed by atoms with Crippen LogP contribution < -0.4 is 0 Å². The first-order valence-corrected chi connectivity index (χ1v) is 11.4. The Morgan fingerprint density at radius 3 is 2.07 bits per heavy atom. The Kier molecular flexibility index (Phi) is 17.7. The van der Waals surface area contributed by atoms with Crippen LogP contribution in [0.2, 0.25) is 0 Å². The van der Waals surface area contributed by atoms with Crippen molar-refractivity contribution in [2.75, 3.05) is 5.75 Å². The second-order valence-corrected chi connectivity index (χ2v) is 8.31. The van der Waals surface area contributed by atoms with Gasteiger partial charge in [0, 0.05) is 18.1 Å². The van der Waals surface area contributed by atoms with Gasteiger partial charge in [0.05, 0.1) is 6.10 Å². The number of hydrogen-bond acceptors (Lipinski definition) is 4. The summed E-state index contributed by atoms with van der Waals surface area (Å²) in [6.45, 7) is 2.22. The van der Waals surface area contributed by atoms with Crippen molar-refractivity contribution in [2.45, 2.75) is 102 Å². The molecule has 0 spiro atoms. The number of allylic oxidation sites excluding steroid dienone is 1. The molecule has 0 radical (unpaired) electrons. The summed E-state index contributed by atoms with van der Waals surface area (Å²) in [6.07, 6.45) is 15.3. The molecule has 0 rings (SSSR count). The highest BCUT2D eigenvalue weighted by atomic mass is 32.2. The van der Waals surface area contributed by atoms with Gasteiger partial charge in [-0.15, -0.1) is 0 Å². The number of thioether (sulfide) groups is 1. The molecule has 0 aliphatic carbocycles. The van der Waals surface area contributed by atoms with Gasteiger partial charge in [-0.1, -0.05) is 64.0 Å². The maximum Gasteiger partial charge on any atom is 0.303 e. The van der Waals surface area contributed by atoms with Crippen LogP contribution >= 0.6 is 11.8 Å². The number of aliphatic carboxylic acids is 2. The minimum absolute atomic E-state index is 0.0563. The van der Waals surface area contributed by atoms with Crippen molar-refractivity contribution >= 4 is 23.7 Å². The maximum atomic E-state index is 10.7. The van der Waals surface area contributed by atoms with Crippen molar-refractivity contribution in [2.24, 2.45) is 0 Å². The lowest BCUT2D eigenvalue weighted by atomic mass is 10.1. The van der Waals surface area contributed by atoms with E-state index in [0.717, 1.165) is 12.8 Å². The van der Waals surface area contributed by atoms with Crippen LogP contribution in [-0.2, 0) is 9.59 Å². The molecule has 27 heavy (non-hydrogen) atoms. The Balaban J connectivity index is 4.09. The lowest BCUT2D eigenvalue weighted by Crippen LogP contribution is -2.22. The first-order chi connectivity index (χ1) is 13.0. The summed E-state index contributed by atoms with van der Waals surface area (Å²) < 4.78 is 0. The lowest BCUT2D eigenvalue weighted by Gasteiger charge is -2.19. The molecule has 3 N–H and O–H groups in total. The van der Waals surface area contributed by atoms with E-state index in [1.165, 1.54) is 56.7 Å². The smallest absolute Gasteiger partial charge is 0.303 e. The summed E-state index contributed by atoms with van der Waals surface area (Å²) in [5.74, 6) is -1.08. The average Bonchev–Trinajstić information content (AvgIpc) is 2.62. The highest BCUT2D eigenvalue weighted by molar-refractivity contribution is 8.00. The van der Waals surface area contributed by atoms with E-state index in [9.17, 15) is 14.7 Å². The second kappa shape index (κ2) is 18.4. The summed E-state index contributed by atoms with van der Waals surface area (Å²) >= 11 is 1.51. The minimum Gasteiger partial charge on any atom is -0.481 e. The quantitative estimate of drug-likeness (QED) is 0.201. The van der Waals surface area contributed by atoms with Gasteiger partial charge in [-0.2, -0.15) is 11.8 Å². The summed E-state index contributed by atoms with van der Waals surface area (Å²) in [5, 5.41) is 27.6. The van der Waals surface area contributed by atoms with Crippen LogP contribution in [0.4, 0.5) is 0 Å². The van der Waals surface area contributed by atoms with Crippen molar-refractivity contribution in [1.82, 2.24) is 0 Å². The van der Waals surface area contributed by atoms with E-state index < -0.39 is 18.0 Å². The summed E-state index contributed by atoms with van der Waals surface area (Å²) in [4.78, 5) is 21.3. The third-order valence-electron chi connectivity index (χ3n) is 4.43. The molecule has 0 amide bonds. The fourth-order valence-corrected chi connectivity index (χ4v) is 3.96. The standard InChI is InChI=1S/C21H38O5S/c1-2-3-4-5-6-7-8-9-10-11-13-19(18(22)15-16-21(25)26)27-17-12-14-20(23)24/h11,13,18-19,22H,2-10,12,14-17H2,1H3,(H,23,24)(H,25,26)/b13-11-. The Morgan fingerprint density at radius 1 is 0.889 bits per heavy atom. The van der Waals surface area contributed by atoms with Crippen LogP contribution in [0.3, 0.4) is 0 Å². The molecule has 0 fully saturated rings. The van der Waals surface area contributed by atoms with Crippen molar-refractivity contribution in [3.05, 3.63) is 12.2 Å². The molecule has 2 atom stereocenters. The van der Waals surface area contributed by atoms with Crippen LogP contribution in [0.5, 0.6) is 0 Å². The zero-order chi connectivity index (χ0) is 20.3. The third-order valence-corrected chi connectivity index (χ3v) is 5.81. The average molecular weight is 403 g/mol. The normalized spacial score (nSPS) is 13.7. The van der Waals surface area contributed by atoms with Crippen LogP contribution in [0.15, 0.2) is 12.2 Å². The van der Waals surface area contributed by atoms with E-state index in [2.05, 4.69) is 13.0 Å². The fraction of sp³-hybridized carbons (Fsp3) is 0.810. The number of carbonyl (C=O) groups is 2. The molecule has 0 saturated heterocycles. The number of rotatable bonds is 19. The first-order valence-electron chi connectivity index (χ1n) is 10.4. The molecule has 6 heteroatoms. The molecule has 0 aromatic carbocycles. The molecular formula is C21H38O5S. The number of carboxylic acids is 2. The maximum absolute atomic E-state index is 10.7. The van der Waals surface area contributed by atoms with Gasteiger partial charge in [-0.05, 0) is 31.4 Å². The van der Waals surface area contributed by atoms with Gasteiger partial charge in [0.25, 0.3) is 0 Å². The monoisotopic (exact) mass is 402 g/mol. The van der Waals surface area contributed by atoms with Gasteiger partial charge in [0.2, 0.25) is 0 Å². The Hall–Kier alpha value is -1.01. The summed E-state index contributed by atoms with van der Waals surface area (Å²) in [5.41, 5.74) is 0. The van der Waals surface area contributed by atoms with Gasteiger partial charge < -0.3 is 15.3 Å². The highest BCUT2D eigenvalue weighted by Gasteiger charge is 2.18. The largest absolute Gasteiger partial charge is 0.481 e. The van der Waals surface area contributed by atoms with Gasteiger partial charge in [-0.3, -0.25) is 9.59 Å². The van der Waals surface area contributed by atoms with Crippen LogP contribution in [-0.4, -0.2) is 44.4 Å². The number of carboxylic acid groups (broad SMARTS) is 2. The van der Waals surface area contributed by atoms with E-state index >= 15 is 0 Å². The number of aliphatic hydroxyl groups excluding tert-OH is 1. The van der Waals surface area contributed by atoms with Crippen molar-refractivity contribution < 1.29 is 24.9 Å². The highest BCUT2D eigenvalue weighted by Crippen LogP contribution is 2.22. The van der Waals surface area contributed by atoms with Gasteiger partial charge >= 0.3 is 11.9 Å². The zero-order valence-electron chi connectivity index (χ0n) is 16.8. The number of hydrogen-bond donors (Lipinski definition) is 3. The van der Waals surface area contributed by atoms with E-state index in [0.29, 0.717) is 12.2 Å². The predicted molar refractivity (Wildman–Crippen MR) is 112 cm³/mol.